The zero-order chi connectivity index (χ0) is 39.5. The molecule has 1 fully saturated rings. The van der Waals surface area contributed by atoms with E-state index in [2.05, 4.69) is 52.8 Å². The number of esters is 1. The monoisotopic (exact) mass is 741 g/mol. The van der Waals surface area contributed by atoms with Crippen molar-refractivity contribution in [1.82, 2.24) is 0 Å². The van der Waals surface area contributed by atoms with Crippen LogP contribution < -0.4 is 0 Å². The van der Waals surface area contributed by atoms with Crippen LogP contribution in [0.25, 0.3) is 0 Å². The van der Waals surface area contributed by atoms with Gasteiger partial charge in [-0.3, -0.25) is 9.59 Å². The van der Waals surface area contributed by atoms with Crippen LogP contribution in [0.1, 0.15) is 216 Å². The third kappa shape index (κ3) is 20.5. The number of aliphatic hydroxyl groups is 2. The molecule has 1 unspecified atom stereocenters. The third-order valence-electron chi connectivity index (χ3n) is 12.3. The largest absolute Gasteiger partial charge is 0.466 e. The topological polar surface area (TPSA) is 83.8 Å². The fourth-order valence-electron chi connectivity index (χ4n) is 8.19. The van der Waals surface area contributed by atoms with E-state index < -0.39 is 17.1 Å². The van der Waals surface area contributed by atoms with E-state index in [1.54, 1.807) is 0 Å². The van der Waals surface area contributed by atoms with E-state index in [1.165, 1.54) is 94.6 Å². The first-order chi connectivity index (χ1) is 25.3. The molecule has 0 bridgehead atoms. The molecule has 4 atom stereocenters. The van der Waals surface area contributed by atoms with Gasteiger partial charge in [0.1, 0.15) is 6.29 Å². The van der Waals surface area contributed by atoms with Crippen molar-refractivity contribution in [1.29, 1.82) is 0 Å². The summed E-state index contributed by atoms with van der Waals surface area (Å²) in [5.41, 5.74) is 4.10. The molecule has 0 radical (unpaired) electrons. The van der Waals surface area contributed by atoms with Gasteiger partial charge in [0.25, 0.3) is 0 Å². The first-order valence-electron chi connectivity index (χ1n) is 22.0. The first-order valence-corrected chi connectivity index (χ1v) is 22.0. The van der Waals surface area contributed by atoms with E-state index in [0.29, 0.717) is 38.7 Å². The van der Waals surface area contributed by atoms with Crippen molar-refractivity contribution < 1.29 is 24.5 Å². The lowest BCUT2D eigenvalue weighted by atomic mass is 9.54. The van der Waals surface area contributed by atoms with E-state index in [1.807, 2.05) is 20.8 Å². The minimum absolute atomic E-state index is 0.00993. The van der Waals surface area contributed by atoms with Crippen molar-refractivity contribution in [3.05, 3.63) is 46.1 Å². The highest BCUT2D eigenvalue weighted by Crippen LogP contribution is 2.55. The third-order valence-corrected chi connectivity index (χ3v) is 12.3. The molecule has 0 aliphatic heterocycles. The van der Waals surface area contributed by atoms with Crippen molar-refractivity contribution >= 4 is 12.3 Å². The van der Waals surface area contributed by atoms with Crippen molar-refractivity contribution in [3.8, 4) is 0 Å². The van der Waals surface area contributed by atoms with Crippen LogP contribution >= 0.6 is 0 Å². The lowest BCUT2D eigenvalue weighted by Gasteiger charge is -2.53. The normalized spacial score (nSPS) is 22.4. The predicted molar refractivity (Wildman–Crippen MR) is 226 cm³/mol. The molecule has 1 saturated carbocycles. The van der Waals surface area contributed by atoms with Gasteiger partial charge in [-0.1, -0.05) is 139 Å². The molecule has 0 amide bonds. The quantitative estimate of drug-likeness (QED) is 0.0252. The van der Waals surface area contributed by atoms with Gasteiger partial charge in [0, 0.05) is 11.8 Å². The first kappa shape index (κ1) is 49.0. The Kier molecular flexibility index (Phi) is 26.3. The zero-order valence-electron chi connectivity index (χ0n) is 36.0. The van der Waals surface area contributed by atoms with E-state index in [9.17, 15) is 19.8 Å². The minimum Gasteiger partial charge on any atom is -0.466 e. The van der Waals surface area contributed by atoms with Crippen LogP contribution in [-0.2, 0) is 14.3 Å². The molecule has 5 heteroatoms. The molecule has 5 nitrogen and oxygen atoms in total. The summed E-state index contributed by atoms with van der Waals surface area (Å²) in [6, 6.07) is 0. The Morgan fingerprint density at radius 3 is 1.91 bits per heavy atom. The van der Waals surface area contributed by atoms with Crippen molar-refractivity contribution in [2.75, 3.05) is 6.61 Å². The molecule has 1 aliphatic rings. The zero-order valence-corrected chi connectivity index (χ0v) is 36.0. The summed E-state index contributed by atoms with van der Waals surface area (Å²) in [7, 11) is 0. The number of rotatable bonds is 30. The summed E-state index contributed by atoms with van der Waals surface area (Å²) in [5, 5.41) is 22.7. The van der Waals surface area contributed by atoms with Crippen LogP contribution in [0.3, 0.4) is 0 Å². The number of carbonyl (C=O) groups is 2. The number of aldehydes is 1. The summed E-state index contributed by atoms with van der Waals surface area (Å²) in [4.78, 5) is 24.5. The van der Waals surface area contributed by atoms with Gasteiger partial charge in [-0.05, 0) is 123 Å². The minimum atomic E-state index is -0.903. The van der Waals surface area contributed by atoms with Crippen molar-refractivity contribution in [2.45, 2.75) is 228 Å². The molecule has 1 rings (SSSR count). The fraction of sp³-hybridized carbons (Fsp3) is 0.792. The van der Waals surface area contributed by atoms with E-state index >= 15 is 0 Å². The van der Waals surface area contributed by atoms with Gasteiger partial charge >= 0.3 is 5.97 Å². The molecule has 2 N–H and O–H groups in total. The van der Waals surface area contributed by atoms with Crippen LogP contribution in [0.5, 0.6) is 0 Å². The second-order valence-corrected chi connectivity index (χ2v) is 17.2. The van der Waals surface area contributed by atoms with Crippen molar-refractivity contribution in [3.63, 3.8) is 0 Å². The summed E-state index contributed by atoms with van der Waals surface area (Å²) >= 11 is 0. The fourth-order valence-corrected chi connectivity index (χ4v) is 8.19. The average Bonchev–Trinajstić information content (AvgIpc) is 3.11. The van der Waals surface area contributed by atoms with Gasteiger partial charge in [0.05, 0.1) is 18.3 Å². The van der Waals surface area contributed by atoms with E-state index in [-0.39, 0.29) is 11.9 Å². The molecular weight excluding hydrogens is 657 g/mol. The molecule has 0 aromatic heterocycles. The Labute approximate surface area is 327 Å². The maximum Gasteiger partial charge on any atom is 0.305 e. The molecule has 1 aliphatic carbocycles. The molecule has 53 heavy (non-hydrogen) atoms. The van der Waals surface area contributed by atoms with Gasteiger partial charge in [0.2, 0.25) is 0 Å². The lowest BCUT2D eigenvalue weighted by molar-refractivity contribution is -0.144. The van der Waals surface area contributed by atoms with E-state index in [4.69, 9.17) is 4.74 Å². The molecular formula is C48H84O5. The van der Waals surface area contributed by atoms with Gasteiger partial charge in [0.15, 0.2) is 0 Å². The molecule has 306 valence electrons. The molecule has 0 heterocycles. The maximum absolute atomic E-state index is 12.5. The van der Waals surface area contributed by atoms with Gasteiger partial charge in [-0.2, -0.15) is 0 Å². The number of hydrogen-bond acceptors (Lipinski definition) is 5. The number of allylic oxidation sites excluding steroid dienone is 6. The van der Waals surface area contributed by atoms with Crippen LogP contribution in [0, 0.1) is 11.3 Å². The standard InChI is InChI=1S/C48H84O5/c1-9-10-11-12-13-14-15-16-17-18-19-20-21-22-23-31-46(51)53-37-26-30-44-43(42(6)38-49)34-36-48(8,52)47(44,7)35-25-29-41(5)45(50)33-32-40(4)28-24-27-39(2)3/h27,29,32,38,44-45,50,52H,9-26,28,30-31,33-37H2,1-8H3/b40-32+,41-29+,43-42-/t44-,45?,47+,48+/m1/s1. The average molecular weight is 741 g/mol. The van der Waals surface area contributed by atoms with Gasteiger partial charge < -0.3 is 14.9 Å². The molecule has 0 saturated heterocycles. The lowest BCUT2D eigenvalue weighted by Crippen LogP contribution is -2.52. The molecule has 0 aromatic rings. The van der Waals surface area contributed by atoms with Crippen molar-refractivity contribution in [2.24, 2.45) is 11.3 Å². The van der Waals surface area contributed by atoms with Crippen LogP contribution in [0.2, 0.25) is 0 Å². The Morgan fingerprint density at radius 2 is 1.36 bits per heavy atom. The number of aliphatic hydroxyl groups excluding tert-OH is 1. The summed E-state index contributed by atoms with van der Waals surface area (Å²) < 4.78 is 5.67. The second-order valence-electron chi connectivity index (χ2n) is 17.2. The highest BCUT2D eigenvalue weighted by molar-refractivity contribution is 5.74. The highest BCUT2D eigenvalue weighted by Gasteiger charge is 2.52. The van der Waals surface area contributed by atoms with Crippen LogP contribution in [0.15, 0.2) is 46.1 Å². The summed E-state index contributed by atoms with van der Waals surface area (Å²) in [5.74, 6) is -0.106. The van der Waals surface area contributed by atoms with Gasteiger partial charge in [-0.15, -0.1) is 0 Å². The summed E-state index contributed by atoms with van der Waals surface area (Å²) in [6.07, 6.45) is 33.8. The Hall–Kier alpha value is -1.98. The number of unbranched alkanes of at least 4 members (excludes halogenated alkanes) is 14. The second kappa shape index (κ2) is 28.4. The number of carbonyl (C=O) groups excluding carboxylic acids is 2. The van der Waals surface area contributed by atoms with Crippen LogP contribution in [-0.4, -0.2) is 40.8 Å². The van der Waals surface area contributed by atoms with Gasteiger partial charge in [-0.25, -0.2) is 0 Å². The molecule has 0 aromatic carbocycles. The Balaban J connectivity index is 2.54. The predicted octanol–water partition coefficient (Wildman–Crippen LogP) is 13.4. The Bertz CT molecular complexity index is 1140. The molecule has 0 spiro atoms. The maximum atomic E-state index is 12.5. The van der Waals surface area contributed by atoms with E-state index in [0.717, 1.165) is 68.0 Å². The SMILES string of the molecule is CCCCCCCCCCCCCCCCCC(=O)OCCC[C@@H]1/C(=C(/C)C=O)CC[C@](C)(O)[C@@]1(C)CC/C=C(\C)C(O)C/C=C(\C)CCC=C(C)C. The smallest absolute Gasteiger partial charge is 0.305 e. The number of ether oxygens (including phenoxy) is 1. The number of hydrogen-bond donors (Lipinski definition) is 2. The Morgan fingerprint density at radius 1 is 0.792 bits per heavy atom. The van der Waals surface area contributed by atoms with Crippen LogP contribution in [0.4, 0.5) is 0 Å². The summed E-state index contributed by atoms with van der Waals surface area (Å²) in [6.45, 7) is 17.0. The highest BCUT2D eigenvalue weighted by atomic mass is 16.5.